The molecule has 1 amide bonds. The minimum Gasteiger partial charge on any atom is -0.437 e. The molecule has 178 valence electrons. The summed E-state index contributed by atoms with van der Waals surface area (Å²) in [5.74, 6) is 0. The van der Waals surface area contributed by atoms with Crippen LogP contribution in [0.5, 0.6) is 0 Å². The van der Waals surface area contributed by atoms with E-state index >= 15 is 0 Å². The predicted octanol–water partition coefficient (Wildman–Crippen LogP) is 3.82. The highest BCUT2D eigenvalue weighted by atomic mass is 19.4. The molecular formula is C23H32F3N3O3. The van der Waals surface area contributed by atoms with E-state index in [0.29, 0.717) is 13.1 Å². The first-order valence-corrected chi connectivity index (χ1v) is 11.3. The number of piperidine rings is 1. The lowest BCUT2D eigenvalue weighted by molar-refractivity contribution is -0.202. The molecule has 3 heterocycles. The Kier molecular flexibility index (Phi) is 6.58. The van der Waals surface area contributed by atoms with Gasteiger partial charge in [0, 0.05) is 43.8 Å². The van der Waals surface area contributed by atoms with E-state index in [9.17, 15) is 18.0 Å². The third kappa shape index (κ3) is 5.14. The number of likely N-dealkylation sites (tertiary alicyclic amines) is 2. The van der Waals surface area contributed by atoms with Crippen LogP contribution in [-0.2, 0) is 16.0 Å². The summed E-state index contributed by atoms with van der Waals surface area (Å²) in [6.45, 7) is 10.1. The normalized spacial score (nSPS) is 22.5. The summed E-state index contributed by atoms with van der Waals surface area (Å²) < 4.78 is 47.8. The third-order valence-corrected chi connectivity index (χ3v) is 7.06. The number of ether oxygens (including phenoxy) is 2. The third-order valence-electron chi connectivity index (χ3n) is 7.06. The van der Waals surface area contributed by atoms with E-state index in [-0.39, 0.29) is 5.41 Å². The molecule has 1 spiro atoms. The molecule has 3 fully saturated rings. The van der Waals surface area contributed by atoms with Crippen LogP contribution in [0.25, 0.3) is 0 Å². The number of aryl methyl sites for hydroxylation is 1. The number of rotatable bonds is 4. The average molecular weight is 456 g/mol. The Bertz CT molecular complexity index is 810. The molecule has 6 nitrogen and oxygen atoms in total. The van der Waals surface area contributed by atoms with Gasteiger partial charge in [0.1, 0.15) is 0 Å². The molecule has 32 heavy (non-hydrogen) atoms. The fourth-order valence-corrected chi connectivity index (χ4v) is 4.80. The summed E-state index contributed by atoms with van der Waals surface area (Å²) >= 11 is 0. The highest BCUT2D eigenvalue weighted by molar-refractivity contribution is 5.69. The maximum absolute atomic E-state index is 12.6. The summed E-state index contributed by atoms with van der Waals surface area (Å²) in [4.78, 5) is 18.2. The van der Waals surface area contributed by atoms with Crippen molar-refractivity contribution in [3.05, 3.63) is 29.3 Å². The molecule has 9 heteroatoms. The number of amides is 1. The van der Waals surface area contributed by atoms with Crippen LogP contribution >= 0.6 is 0 Å². The van der Waals surface area contributed by atoms with E-state index in [1.807, 2.05) is 0 Å². The number of hydrogen-bond donors (Lipinski definition) is 0. The van der Waals surface area contributed by atoms with Crippen molar-refractivity contribution in [1.82, 2.24) is 9.80 Å². The highest BCUT2D eigenvalue weighted by Gasteiger charge is 2.48. The molecule has 3 aliphatic heterocycles. The number of carbonyl (C=O) groups is 1. The van der Waals surface area contributed by atoms with E-state index in [0.717, 1.165) is 65.7 Å². The van der Waals surface area contributed by atoms with Gasteiger partial charge in [0.15, 0.2) is 6.10 Å². The molecule has 0 aliphatic carbocycles. The topological polar surface area (TPSA) is 45.2 Å². The molecule has 4 rings (SSSR count). The molecular weight excluding hydrogens is 423 g/mol. The maximum atomic E-state index is 12.6. The first-order valence-electron chi connectivity index (χ1n) is 11.3. The Balaban J connectivity index is 1.24. The van der Waals surface area contributed by atoms with E-state index < -0.39 is 18.4 Å². The van der Waals surface area contributed by atoms with Crippen LogP contribution in [0.2, 0.25) is 0 Å². The summed E-state index contributed by atoms with van der Waals surface area (Å²) in [5, 5.41) is 0. The van der Waals surface area contributed by atoms with Gasteiger partial charge in [-0.05, 0) is 63.0 Å². The minimum absolute atomic E-state index is 0.0201. The first-order chi connectivity index (χ1) is 15.2. The molecule has 0 bridgehead atoms. The van der Waals surface area contributed by atoms with Crippen LogP contribution in [0.1, 0.15) is 30.9 Å². The monoisotopic (exact) mass is 455 g/mol. The van der Waals surface area contributed by atoms with E-state index in [1.165, 1.54) is 21.7 Å². The number of morpholine rings is 1. The summed E-state index contributed by atoms with van der Waals surface area (Å²) in [6, 6.07) is 6.66. The van der Waals surface area contributed by atoms with Gasteiger partial charge in [0.05, 0.1) is 13.2 Å². The zero-order chi connectivity index (χ0) is 22.9. The lowest BCUT2D eigenvalue weighted by Gasteiger charge is -2.53. The average Bonchev–Trinajstić information content (AvgIpc) is 2.74. The van der Waals surface area contributed by atoms with Crippen molar-refractivity contribution in [2.45, 2.75) is 45.5 Å². The van der Waals surface area contributed by atoms with Crippen molar-refractivity contribution in [3.8, 4) is 0 Å². The molecule has 3 saturated heterocycles. The van der Waals surface area contributed by atoms with Crippen LogP contribution in [0.3, 0.4) is 0 Å². The van der Waals surface area contributed by atoms with Gasteiger partial charge >= 0.3 is 12.3 Å². The Morgan fingerprint density at radius 1 is 1.16 bits per heavy atom. The quantitative estimate of drug-likeness (QED) is 0.691. The fourth-order valence-electron chi connectivity index (χ4n) is 4.80. The zero-order valence-electron chi connectivity index (χ0n) is 18.8. The van der Waals surface area contributed by atoms with Gasteiger partial charge < -0.3 is 19.3 Å². The van der Waals surface area contributed by atoms with Crippen molar-refractivity contribution in [1.29, 1.82) is 0 Å². The van der Waals surface area contributed by atoms with Crippen molar-refractivity contribution < 1.29 is 27.4 Å². The van der Waals surface area contributed by atoms with Gasteiger partial charge in [0.25, 0.3) is 0 Å². The Morgan fingerprint density at radius 2 is 1.81 bits per heavy atom. The van der Waals surface area contributed by atoms with Crippen molar-refractivity contribution >= 4 is 11.8 Å². The van der Waals surface area contributed by atoms with Crippen LogP contribution in [0.4, 0.5) is 23.7 Å². The lowest BCUT2D eigenvalue weighted by Crippen LogP contribution is -2.62. The second kappa shape index (κ2) is 9.09. The number of carbonyl (C=O) groups excluding carboxylic acids is 1. The largest absolute Gasteiger partial charge is 0.437 e. The molecule has 1 aromatic carbocycles. The molecule has 1 atom stereocenters. The van der Waals surface area contributed by atoms with E-state index in [4.69, 9.17) is 4.74 Å². The molecule has 0 aromatic heterocycles. The highest BCUT2D eigenvalue weighted by Crippen LogP contribution is 2.41. The number of benzene rings is 1. The van der Waals surface area contributed by atoms with Crippen molar-refractivity contribution in [2.75, 3.05) is 57.4 Å². The van der Waals surface area contributed by atoms with Crippen LogP contribution in [0, 0.1) is 12.3 Å². The fraction of sp³-hybridized carbons (Fsp3) is 0.696. The molecule has 1 unspecified atom stereocenters. The number of alkyl halides is 3. The zero-order valence-corrected chi connectivity index (χ0v) is 18.8. The van der Waals surface area contributed by atoms with Gasteiger partial charge in [-0.1, -0.05) is 6.07 Å². The summed E-state index contributed by atoms with van der Waals surface area (Å²) in [6.07, 6.45) is -5.58. The number of halogens is 3. The standard InChI is InChI=1S/C23H32F3N3O3/c1-17-13-20(28-9-11-31-12-10-28)4-3-19(17)14-27-7-5-22(6-8-27)15-29(16-22)21(30)32-18(2)23(24,25)26/h3-4,13,18H,5-12,14-16H2,1-2H3. The predicted molar refractivity (Wildman–Crippen MR) is 115 cm³/mol. The van der Waals surface area contributed by atoms with Gasteiger partial charge in [-0.3, -0.25) is 4.90 Å². The summed E-state index contributed by atoms with van der Waals surface area (Å²) in [5.41, 5.74) is 3.86. The van der Waals surface area contributed by atoms with Crippen molar-refractivity contribution in [2.24, 2.45) is 5.41 Å². The molecule has 0 radical (unpaired) electrons. The van der Waals surface area contributed by atoms with Crippen LogP contribution < -0.4 is 4.90 Å². The van der Waals surface area contributed by atoms with E-state index in [2.05, 4.69) is 39.7 Å². The molecule has 0 N–H and O–H groups in total. The summed E-state index contributed by atoms with van der Waals surface area (Å²) in [7, 11) is 0. The molecule has 0 saturated carbocycles. The molecule has 3 aliphatic rings. The van der Waals surface area contributed by atoms with Crippen LogP contribution in [0.15, 0.2) is 18.2 Å². The Labute approximate surface area is 187 Å². The van der Waals surface area contributed by atoms with E-state index in [1.54, 1.807) is 0 Å². The number of hydrogen-bond acceptors (Lipinski definition) is 5. The Morgan fingerprint density at radius 3 is 2.41 bits per heavy atom. The second-order valence-electron chi connectivity index (χ2n) is 9.41. The van der Waals surface area contributed by atoms with Gasteiger partial charge in [-0.25, -0.2) is 4.79 Å². The second-order valence-corrected chi connectivity index (χ2v) is 9.41. The van der Waals surface area contributed by atoms with Gasteiger partial charge in [0.2, 0.25) is 0 Å². The minimum atomic E-state index is -4.53. The van der Waals surface area contributed by atoms with Crippen LogP contribution in [-0.4, -0.2) is 80.7 Å². The number of nitrogens with zero attached hydrogens (tertiary/aromatic N) is 3. The lowest BCUT2D eigenvalue weighted by atomic mass is 9.72. The number of anilines is 1. The Hall–Kier alpha value is -2.00. The maximum Gasteiger partial charge on any atom is 0.425 e. The smallest absolute Gasteiger partial charge is 0.425 e. The molecule has 1 aromatic rings. The first kappa shape index (κ1) is 23.2. The SMILES string of the molecule is Cc1cc(N2CCOCC2)ccc1CN1CCC2(CC1)CN(C(=O)OC(C)C(F)(F)F)C2. The van der Waals surface area contributed by atoms with Gasteiger partial charge in [-0.15, -0.1) is 0 Å². The van der Waals surface area contributed by atoms with Crippen molar-refractivity contribution in [3.63, 3.8) is 0 Å². The van der Waals surface area contributed by atoms with Gasteiger partial charge in [-0.2, -0.15) is 13.2 Å².